The number of cyclic esters (lactones) is 1. The number of nitro benzene ring substituents is 2. The quantitative estimate of drug-likeness (QED) is 0.276. The molecule has 0 radical (unpaired) electrons. The number of piperazine rings is 1. The summed E-state index contributed by atoms with van der Waals surface area (Å²) in [7, 11) is 0. The topological polar surface area (TPSA) is 199 Å². The van der Waals surface area contributed by atoms with Gasteiger partial charge in [0.05, 0.1) is 58.7 Å². The number of ether oxygens (including phenoxy) is 1. The molecule has 17 nitrogen and oxygen atoms in total. The van der Waals surface area contributed by atoms with Crippen LogP contribution < -0.4 is 15.1 Å². The smallest absolute Gasteiger partial charge is 0.414 e. The van der Waals surface area contributed by atoms with E-state index >= 15 is 4.39 Å². The zero-order chi connectivity index (χ0) is 30.7. The number of amides is 3. The second-order valence-corrected chi connectivity index (χ2v) is 9.68. The molecule has 43 heavy (non-hydrogen) atoms. The lowest BCUT2D eigenvalue weighted by molar-refractivity contribution is -0.394. The van der Waals surface area contributed by atoms with Crippen molar-refractivity contribution < 1.29 is 33.4 Å². The van der Waals surface area contributed by atoms with Crippen LogP contribution in [0.3, 0.4) is 0 Å². The molecule has 0 bridgehead atoms. The van der Waals surface area contributed by atoms with Crippen molar-refractivity contribution in [2.24, 2.45) is 0 Å². The zero-order valence-corrected chi connectivity index (χ0v) is 22.4. The van der Waals surface area contributed by atoms with Crippen LogP contribution in [-0.4, -0.2) is 93.0 Å². The number of nitro groups is 2. The van der Waals surface area contributed by atoms with Gasteiger partial charge in [-0.25, -0.2) is 13.9 Å². The van der Waals surface area contributed by atoms with E-state index in [1.54, 1.807) is 23.2 Å². The van der Waals surface area contributed by atoms with Gasteiger partial charge in [-0.15, -0.1) is 5.10 Å². The molecule has 3 amide bonds. The maximum Gasteiger partial charge on any atom is 0.414 e. The second-order valence-electron chi connectivity index (χ2n) is 9.68. The summed E-state index contributed by atoms with van der Waals surface area (Å²) >= 11 is 0. The van der Waals surface area contributed by atoms with Crippen molar-refractivity contribution in [3.05, 3.63) is 80.4 Å². The number of carbonyl (C=O) groups excluding carboxylic acids is 3. The Morgan fingerprint density at radius 3 is 2.35 bits per heavy atom. The van der Waals surface area contributed by atoms with Crippen molar-refractivity contribution in [3.63, 3.8) is 0 Å². The van der Waals surface area contributed by atoms with E-state index in [2.05, 4.69) is 15.6 Å². The first kappa shape index (κ1) is 28.8. The van der Waals surface area contributed by atoms with Crippen molar-refractivity contribution in [2.45, 2.75) is 12.6 Å². The highest BCUT2D eigenvalue weighted by Gasteiger charge is 2.33. The van der Waals surface area contributed by atoms with Crippen LogP contribution in [0.25, 0.3) is 0 Å². The summed E-state index contributed by atoms with van der Waals surface area (Å²) in [5.41, 5.74) is -0.955. The molecule has 2 fully saturated rings. The number of hydrogen-bond donors (Lipinski definition) is 1. The number of rotatable bonds is 9. The van der Waals surface area contributed by atoms with Crippen LogP contribution in [0.15, 0.2) is 48.8 Å². The fourth-order valence-corrected chi connectivity index (χ4v) is 4.79. The summed E-state index contributed by atoms with van der Waals surface area (Å²) in [5.74, 6) is -1.88. The Bertz CT molecular complexity index is 1540. The first-order chi connectivity index (χ1) is 20.6. The van der Waals surface area contributed by atoms with Crippen LogP contribution in [0.5, 0.6) is 0 Å². The summed E-state index contributed by atoms with van der Waals surface area (Å²) in [6.07, 6.45) is 2.08. The number of carbonyl (C=O) groups is 3. The molecule has 1 N–H and O–H groups in total. The van der Waals surface area contributed by atoms with Crippen molar-refractivity contribution >= 4 is 40.7 Å². The first-order valence-electron chi connectivity index (χ1n) is 13.0. The molecule has 3 aromatic rings. The van der Waals surface area contributed by atoms with E-state index in [0.29, 0.717) is 31.0 Å². The molecule has 2 aliphatic rings. The fourth-order valence-electron chi connectivity index (χ4n) is 4.79. The molecule has 2 saturated heterocycles. The van der Waals surface area contributed by atoms with Gasteiger partial charge < -0.3 is 19.9 Å². The lowest BCUT2D eigenvalue weighted by Crippen LogP contribution is -2.51. The van der Waals surface area contributed by atoms with Crippen molar-refractivity contribution in [1.82, 2.24) is 25.2 Å². The maximum absolute atomic E-state index is 15.1. The molecule has 5 rings (SSSR count). The van der Waals surface area contributed by atoms with E-state index in [4.69, 9.17) is 4.74 Å². The Hall–Kier alpha value is -5.68. The Balaban J connectivity index is 1.14. The van der Waals surface area contributed by atoms with E-state index in [1.807, 2.05) is 0 Å². The van der Waals surface area contributed by atoms with E-state index in [0.717, 1.165) is 18.2 Å². The zero-order valence-electron chi connectivity index (χ0n) is 22.4. The molecular weight excluding hydrogens is 573 g/mol. The summed E-state index contributed by atoms with van der Waals surface area (Å²) < 4.78 is 22.0. The monoisotopic (exact) mass is 597 g/mol. The van der Waals surface area contributed by atoms with Gasteiger partial charge in [-0.3, -0.25) is 34.7 Å². The molecule has 1 aromatic heterocycles. The Morgan fingerprint density at radius 2 is 1.74 bits per heavy atom. The average Bonchev–Trinajstić information content (AvgIpc) is 3.64. The number of benzene rings is 2. The minimum atomic E-state index is -0.882. The number of anilines is 2. The molecule has 1 atom stereocenters. The van der Waals surface area contributed by atoms with Gasteiger partial charge in [0.15, 0.2) is 0 Å². The highest BCUT2D eigenvalue weighted by molar-refractivity contribution is 5.97. The van der Waals surface area contributed by atoms with Crippen LogP contribution >= 0.6 is 0 Å². The highest BCUT2D eigenvalue weighted by atomic mass is 19.1. The van der Waals surface area contributed by atoms with Crippen molar-refractivity contribution in [2.75, 3.05) is 49.1 Å². The summed E-state index contributed by atoms with van der Waals surface area (Å²) in [6.45, 7) is 1.11. The van der Waals surface area contributed by atoms with E-state index in [1.165, 1.54) is 26.7 Å². The van der Waals surface area contributed by atoms with Gasteiger partial charge in [0.25, 0.3) is 17.3 Å². The van der Waals surface area contributed by atoms with Crippen molar-refractivity contribution in [1.29, 1.82) is 0 Å². The molecule has 2 aliphatic heterocycles. The Kier molecular flexibility index (Phi) is 8.08. The summed E-state index contributed by atoms with van der Waals surface area (Å²) in [6, 6.07) is 6.92. The first-order valence-corrected chi connectivity index (χ1v) is 13.0. The summed E-state index contributed by atoms with van der Waals surface area (Å²) in [5, 5.41) is 32.0. The van der Waals surface area contributed by atoms with Crippen LogP contribution in [0.2, 0.25) is 0 Å². The number of nitrogens with zero attached hydrogens (tertiary/aromatic N) is 8. The van der Waals surface area contributed by atoms with Crippen molar-refractivity contribution in [3.8, 4) is 0 Å². The van der Waals surface area contributed by atoms with Gasteiger partial charge in [0, 0.05) is 44.5 Å². The molecule has 0 unspecified atom stereocenters. The lowest BCUT2D eigenvalue weighted by Gasteiger charge is -2.36. The number of nitrogens with one attached hydrogen (secondary N) is 1. The molecule has 18 heteroatoms. The molecule has 2 aromatic carbocycles. The predicted molar refractivity (Wildman–Crippen MR) is 145 cm³/mol. The van der Waals surface area contributed by atoms with Gasteiger partial charge >= 0.3 is 6.09 Å². The van der Waals surface area contributed by atoms with Crippen LogP contribution in [-0.2, 0) is 16.1 Å². The molecule has 3 heterocycles. The Labute approximate surface area is 241 Å². The number of non-ortho nitro benzene ring substituents is 2. The van der Waals surface area contributed by atoms with E-state index in [-0.39, 0.29) is 25.2 Å². The van der Waals surface area contributed by atoms with Gasteiger partial charge in [-0.1, -0.05) is 5.21 Å². The molecule has 0 saturated carbocycles. The standard InChI is InChI=1S/C25H24FN9O8/c26-21-12-17(33-15-20(43-25(33)38)14-32-4-3-28-29-32)1-2-22(21)30-5-7-31(8-6-30)23(36)13-27-24(37)16-9-18(34(39)40)11-19(10-16)35(41)42/h1-4,9-12,20H,5-8,13-15H2,(H,27,37)/t20-/m0/s1. The van der Waals surface area contributed by atoms with Gasteiger partial charge in [-0.2, -0.15) is 0 Å². The van der Waals surface area contributed by atoms with E-state index < -0.39 is 57.6 Å². The number of hydrogen-bond acceptors (Lipinski definition) is 11. The fraction of sp³-hybridized carbons (Fsp3) is 0.320. The number of halogens is 1. The normalized spacial score (nSPS) is 16.6. The number of aromatic nitrogens is 3. The predicted octanol–water partition coefficient (Wildman–Crippen LogP) is 1.34. The Morgan fingerprint density at radius 1 is 1.05 bits per heavy atom. The van der Waals surface area contributed by atoms with Gasteiger partial charge in [-0.05, 0) is 18.2 Å². The lowest BCUT2D eigenvalue weighted by atomic mass is 10.1. The SMILES string of the molecule is O=C(NCC(=O)N1CCN(c2ccc(N3C[C@H](Cn4ccnn4)OC3=O)cc2F)CC1)c1cc([N+](=O)[O-])cc([N+](=O)[O-])c1. The summed E-state index contributed by atoms with van der Waals surface area (Å²) in [4.78, 5) is 62.5. The van der Waals surface area contributed by atoms with E-state index in [9.17, 15) is 34.6 Å². The van der Waals surface area contributed by atoms with Crippen LogP contribution in [0.1, 0.15) is 10.4 Å². The van der Waals surface area contributed by atoms with Crippen LogP contribution in [0.4, 0.5) is 31.9 Å². The minimum Gasteiger partial charge on any atom is -0.442 e. The maximum atomic E-state index is 15.1. The third-order valence-corrected chi connectivity index (χ3v) is 6.94. The third kappa shape index (κ3) is 6.47. The molecule has 0 spiro atoms. The highest BCUT2D eigenvalue weighted by Crippen LogP contribution is 2.29. The van der Waals surface area contributed by atoms with Crippen LogP contribution in [0, 0.1) is 26.0 Å². The average molecular weight is 598 g/mol. The minimum absolute atomic E-state index is 0.215. The second kappa shape index (κ2) is 12.0. The molecule has 224 valence electrons. The third-order valence-electron chi connectivity index (χ3n) is 6.94. The largest absolute Gasteiger partial charge is 0.442 e. The molecule has 0 aliphatic carbocycles. The molecular formula is C25H24FN9O8. The van der Waals surface area contributed by atoms with Gasteiger partial charge in [0.1, 0.15) is 11.9 Å². The van der Waals surface area contributed by atoms with Gasteiger partial charge in [0.2, 0.25) is 5.91 Å².